The van der Waals surface area contributed by atoms with Crippen molar-refractivity contribution in [3.63, 3.8) is 0 Å². The van der Waals surface area contributed by atoms with Gasteiger partial charge in [-0.2, -0.15) is 4.31 Å². The quantitative estimate of drug-likeness (QED) is 0.254. The molecular formula is C19H42IN5O3S. The fourth-order valence-corrected chi connectivity index (χ4v) is 4.60. The van der Waals surface area contributed by atoms with E-state index in [1.807, 2.05) is 13.8 Å². The van der Waals surface area contributed by atoms with E-state index >= 15 is 0 Å². The van der Waals surface area contributed by atoms with E-state index in [9.17, 15) is 8.42 Å². The predicted octanol–water partition coefficient (Wildman–Crippen LogP) is 1.53. The minimum atomic E-state index is -3.27. The van der Waals surface area contributed by atoms with Crippen molar-refractivity contribution in [2.45, 2.75) is 40.7 Å². The van der Waals surface area contributed by atoms with Crippen molar-refractivity contribution in [2.75, 3.05) is 72.3 Å². The van der Waals surface area contributed by atoms with Gasteiger partial charge in [0.2, 0.25) is 10.0 Å². The molecule has 0 bridgehead atoms. The standard InChI is InChI=1S/C19H41N5O3S.HI/c1-8-20-18(21-15-19(4,5)16-22(6)7)23-9-11-24(12-10-23)28(25,26)14-13-27-17(2)3;/h17H,8-16H2,1-7H3,(H,20,21);1H. The first-order chi connectivity index (χ1) is 13.0. The van der Waals surface area contributed by atoms with Crippen molar-refractivity contribution in [1.82, 2.24) is 19.4 Å². The summed E-state index contributed by atoms with van der Waals surface area (Å²) >= 11 is 0. The molecule has 0 radical (unpaired) electrons. The number of aliphatic imine (C=N–C) groups is 1. The number of hydrogen-bond donors (Lipinski definition) is 1. The van der Waals surface area contributed by atoms with Gasteiger partial charge in [0.25, 0.3) is 0 Å². The minimum Gasteiger partial charge on any atom is -0.378 e. The molecule has 1 fully saturated rings. The largest absolute Gasteiger partial charge is 0.378 e. The van der Waals surface area contributed by atoms with Crippen molar-refractivity contribution in [2.24, 2.45) is 10.4 Å². The van der Waals surface area contributed by atoms with E-state index in [-0.39, 0.29) is 47.9 Å². The number of guanidine groups is 1. The van der Waals surface area contributed by atoms with Crippen LogP contribution in [0, 0.1) is 5.41 Å². The van der Waals surface area contributed by atoms with Crippen LogP contribution >= 0.6 is 24.0 Å². The summed E-state index contributed by atoms with van der Waals surface area (Å²) in [4.78, 5) is 9.17. The van der Waals surface area contributed by atoms with Gasteiger partial charge in [-0.3, -0.25) is 4.99 Å². The Hall–Kier alpha value is -0.170. The Balaban J connectivity index is 0.00000784. The first kappa shape index (κ1) is 28.8. The second kappa shape index (κ2) is 13.3. The molecule has 1 rings (SSSR count). The van der Waals surface area contributed by atoms with Crippen LogP contribution in [0.15, 0.2) is 4.99 Å². The van der Waals surface area contributed by atoms with Crippen LogP contribution in [0.4, 0.5) is 0 Å². The van der Waals surface area contributed by atoms with Crippen molar-refractivity contribution in [3.05, 3.63) is 0 Å². The summed E-state index contributed by atoms with van der Waals surface area (Å²) in [5.74, 6) is 0.910. The lowest BCUT2D eigenvalue weighted by Gasteiger charge is -2.36. The number of nitrogens with one attached hydrogen (secondary N) is 1. The van der Waals surface area contributed by atoms with Crippen LogP contribution in [0.25, 0.3) is 0 Å². The van der Waals surface area contributed by atoms with E-state index in [4.69, 9.17) is 9.73 Å². The summed E-state index contributed by atoms with van der Waals surface area (Å²) in [6.07, 6.45) is 0.0441. The molecule has 10 heteroatoms. The van der Waals surface area contributed by atoms with Crippen LogP contribution in [0.5, 0.6) is 0 Å². The molecule has 0 aliphatic carbocycles. The van der Waals surface area contributed by atoms with Gasteiger partial charge in [-0.1, -0.05) is 13.8 Å². The second-order valence-electron chi connectivity index (χ2n) is 8.69. The highest BCUT2D eigenvalue weighted by Gasteiger charge is 2.28. The molecule has 1 heterocycles. The summed E-state index contributed by atoms with van der Waals surface area (Å²) in [6.45, 7) is 15.3. The average molecular weight is 548 g/mol. The van der Waals surface area contributed by atoms with Gasteiger partial charge in [-0.25, -0.2) is 8.42 Å². The molecule has 0 spiro atoms. The molecule has 29 heavy (non-hydrogen) atoms. The molecule has 8 nitrogen and oxygen atoms in total. The fraction of sp³-hybridized carbons (Fsp3) is 0.947. The van der Waals surface area contributed by atoms with Crippen LogP contribution in [-0.4, -0.2) is 107 Å². The Morgan fingerprint density at radius 3 is 2.28 bits per heavy atom. The van der Waals surface area contributed by atoms with Gasteiger partial charge in [0, 0.05) is 45.8 Å². The van der Waals surface area contributed by atoms with E-state index in [1.54, 1.807) is 4.31 Å². The topological polar surface area (TPSA) is 77.5 Å². The van der Waals surface area contributed by atoms with Crippen LogP contribution in [0.3, 0.4) is 0 Å². The van der Waals surface area contributed by atoms with Gasteiger partial charge in [0.15, 0.2) is 5.96 Å². The molecule has 0 saturated carbocycles. The highest BCUT2D eigenvalue weighted by atomic mass is 127. The lowest BCUT2D eigenvalue weighted by molar-refractivity contribution is 0.0904. The Labute approximate surface area is 195 Å². The first-order valence-electron chi connectivity index (χ1n) is 10.2. The van der Waals surface area contributed by atoms with Crippen LogP contribution < -0.4 is 5.32 Å². The molecule has 1 aliphatic rings. The van der Waals surface area contributed by atoms with Crippen LogP contribution in [-0.2, 0) is 14.8 Å². The lowest BCUT2D eigenvalue weighted by atomic mass is 9.93. The first-order valence-corrected chi connectivity index (χ1v) is 11.8. The summed E-state index contributed by atoms with van der Waals surface area (Å²) in [7, 11) is 0.870. The fourth-order valence-electron chi connectivity index (χ4n) is 3.32. The van der Waals surface area contributed by atoms with E-state index in [0.717, 1.165) is 25.6 Å². The summed E-state index contributed by atoms with van der Waals surface area (Å²) in [5, 5.41) is 3.35. The highest BCUT2D eigenvalue weighted by molar-refractivity contribution is 14.0. The highest BCUT2D eigenvalue weighted by Crippen LogP contribution is 2.17. The third-order valence-corrected chi connectivity index (χ3v) is 6.29. The van der Waals surface area contributed by atoms with Gasteiger partial charge < -0.3 is 19.9 Å². The van der Waals surface area contributed by atoms with E-state index in [0.29, 0.717) is 26.2 Å². The van der Waals surface area contributed by atoms with Crippen molar-refractivity contribution >= 4 is 40.0 Å². The number of nitrogens with zero attached hydrogens (tertiary/aromatic N) is 4. The van der Waals surface area contributed by atoms with Gasteiger partial charge in [-0.05, 0) is 40.3 Å². The van der Waals surface area contributed by atoms with Gasteiger partial charge in [-0.15, -0.1) is 24.0 Å². The number of hydrogen-bond acceptors (Lipinski definition) is 5. The Morgan fingerprint density at radius 1 is 1.21 bits per heavy atom. The zero-order chi connectivity index (χ0) is 21.4. The smallest absolute Gasteiger partial charge is 0.216 e. The molecule has 0 unspecified atom stereocenters. The monoisotopic (exact) mass is 547 g/mol. The number of sulfonamides is 1. The van der Waals surface area contributed by atoms with E-state index < -0.39 is 10.0 Å². The summed E-state index contributed by atoms with van der Waals surface area (Å²) in [6, 6.07) is 0. The normalized spacial score (nSPS) is 17.0. The van der Waals surface area contributed by atoms with Crippen molar-refractivity contribution in [3.8, 4) is 0 Å². The predicted molar refractivity (Wildman–Crippen MR) is 132 cm³/mol. The molecule has 0 aromatic carbocycles. The summed E-state index contributed by atoms with van der Waals surface area (Å²) in [5.41, 5.74) is 0.0751. The third-order valence-electron chi connectivity index (χ3n) is 4.46. The summed E-state index contributed by atoms with van der Waals surface area (Å²) < 4.78 is 32.0. The molecule has 0 aromatic heterocycles. The van der Waals surface area contributed by atoms with Gasteiger partial charge in [0.1, 0.15) is 0 Å². The zero-order valence-electron chi connectivity index (χ0n) is 19.3. The lowest BCUT2D eigenvalue weighted by Crippen LogP contribution is -2.54. The molecule has 1 N–H and O–H groups in total. The van der Waals surface area contributed by atoms with Gasteiger partial charge >= 0.3 is 0 Å². The molecule has 0 aromatic rings. The number of ether oxygens (including phenoxy) is 1. The molecule has 0 atom stereocenters. The number of rotatable bonds is 10. The van der Waals surface area contributed by atoms with E-state index in [1.165, 1.54) is 0 Å². The molecule has 174 valence electrons. The second-order valence-corrected chi connectivity index (χ2v) is 10.8. The van der Waals surface area contributed by atoms with Crippen LogP contribution in [0.1, 0.15) is 34.6 Å². The van der Waals surface area contributed by atoms with Gasteiger partial charge in [0.05, 0.1) is 18.5 Å². The third kappa shape index (κ3) is 11.1. The Bertz CT molecular complexity index is 589. The molecular weight excluding hydrogens is 505 g/mol. The number of halogens is 1. The Kier molecular flexibility index (Phi) is 13.2. The van der Waals surface area contributed by atoms with Crippen molar-refractivity contribution < 1.29 is 13.2 Å². The van der Waals surface area contributed by atoms with E-state index in [2.05, 4.69) is 50.0 Å². The maximum atomic E-state index is 12.5. The number of piperazine rings is 1. The van der Waals surface area contributed by atoms with Crippen LogP contribution in [0.2, 0.25) is 0 Å². The SMILES string of the molecule is CCNC(=NCC(C)(C)CN(C)C)N1CCN(S(=O)(=O)CCOC(C)C)CC1.I. The Morgan fingerprint density at radius 2 is 1.79 bits per heavy atom. The molecule has 1 saturated heterocycles. The van der Waals surface area contributed by atoms with Crippen molar-refractivity contribution in [1.29, 1.82) is 0 Å². The average Bonchev–Trinajstić information content (AvgIpc) is 2.57. The minimum absolute atomic E-state index is 0. The maximum Gasteiger partial charge on any atom is 0.216 e. The molecule has 0 amide bonds. The maximum absolute atomic E-state index is 12.5. The molecule has 1 aliphatic heterocycles. The zero-order valence-corrected chi connectivity index (χ0v) is 22.4.